The molecule has 0 amide bonds. The van der Waals surface area contributed by atoms with E-state index in [9.17, 15) is 9.59 Å². The van der Waals surface area contributed by atoms with Crippen LogP contribution in [-0.2, 0) is 14.3 Å². The van der Waals surface area contributed by atoms with E-state index >= 15 is 0 Å². The van der Waals surface area contributed by atoms with Gasteiger partial charge in [0.2, 0.25) is 0 Å². The zero-order chi connectivity index (χ0) is 18.2. The van der Waals surface area contributed by atoms with Crippen LogP contribution in [0.3, 0.4) is 0 Å². The first-order valence-corrected chi connectivity index (χ1v) is 11.1. The molecule has 4 unspecified atom stereocenters. The number of carbonyl (C=O) groups is 2. The van der Waals surface area contributed by atoms with E-state index in [4.69, 9.17) is 4.74 Å². The quantitative estimate of drug-likeness (QED) is 0.670. The Hall–Kier alpha value is -1.38. The summed E-state index contributed by atoms with van der Waals surface area (Å²) in [5, 5.41) is 0. The molecule has 0 aromatic carbocycles. The minimum atomic E-state index is 0.214. The summed E-state index contributed by atoms with van der Waals surface area (Å²) >= 11 is 0. The highest BCUT2D eigenvalue weighted by Crippen LogP contribution is 2.60. The van der Waals surface area contributed by atoms with Crippen LogP contribution < -0.4 is 0 Å². The van der Waals surface area contributed by atoms with Gasteiger partial charge in [0.1, 0.15) is 11.6 Å². The molecule has 8 fully saturated rings. The van der Waals surface area contributed by atoms with Crippen molar-refractivity contribution in [3.8, 4) is 0 Å². The van der Waals surface area contributed by atoms with E-state index in [0.29, 0.717) is 35.2 Å². The van der Waals surface area contributed by atoms with Crippen LogP contribution in [0.5, 0.6) is 0 Å². The third-order valence-electron chi connectivity index (χ3n) is 9.08. The van der Waals surface area contributed by atoms with Crippen LogP contribution in [0.2, 0.25) is 0 Å². The smallest absolute Gasteiger partial charge is 0.139 e. The standard InChI is InChI=1S/C24H30O3/c25-21-17-5-15-6-18(21)12-23(9-15,11-17)1-3-27-4-2-24-10-16-7-19(13-24)22(26)20(8-16)14-24/h1-4,15-20H,5-14H2. The van der Waals surface area contributed by atoms with E-state index in [2.05, 4.69) is 12.2 Å². The number of carbonyl (C=O) groups excluding carboxylic acids is 2. The fourth-order valence-corrected chi connectivity index (χ4v) is 8.44. The predicted octanol–water partition coefficient (Wildman–Crippen LogP) is 4.82. The van der Waals surface area contributed by atoms with Gasteiger partial charge in [-0.2, -0.15) is 0 Å². The molecule has 8 aliphatic carbocycles. The molecule has 0 aromatic rings. The lowest BCUT2D eigenvalue weighted by Crippen LogP contribution is -2.50. The SMILES string of the molecule is O=C1C2CC3CC1CC(C=COC=CC14CC5CC(C1)C(=O)C(C5)C4)(C3)C2. The first-order valence-electron chi connectivity index (χ1n) is 11.1. The zero-order valence-corrected chi connectivity index (χ0v) is 16.1. The van der Waals surface area contributed by atoms with Crippen LogP contribution in [0.4, 0.5) is 0 Å². The van der Waals surface area contributed by atoms with Gasteiger partial charge in [-0.1, -0.05) is 0 Å². The Morgan fingerprint density at radius 1 is 0.630 bits per heavy atom. The molecule has 27 heavy (non-hydrogen) atoms. The third kappa shape index (κ3) is 2.53. The van der Waals surface area contributed by atoms with Gasteiger partial charge in [0.15, 0.2) is 0 Å². The number of ketones is 2. The number of hydrogen-bond donors (Lipinski definition) is 0. The molecule has 3 nitrogen and oxygen atoms in total. The molecule has 4 atom stereocenters. The topological polar surface area (TPSA) is 43.4 Å². The van der Waals surface area contributed by atoms with Gasteiger partial charge in [-0.15, -0.1) is 0 Å². The van der Waals surface area contributed by atoms with Crippen LogP contribution in [0.15, 0.2) is 24.7 Å². The highest BCUT2D eigenvalue weighted by Gasteiger charge is 2.55. The summed E-state index contributed by atoms with van der Waals surface area (Å²) in [5.74, 6) is 3.89. The minimum Gasteiger partial charge on any atom is -0.473 e. The molecule has 0 saturated heterocycles. The lowest BCUT2D eigenvalue weighted by Gasteiger charge is -2.54. The minimum absolute atomic E-state index is 0.214. The lowest BCUT2D eigenvalue weighted by atomic mass is 9.49. The van der Waals surface area contributed by atoms with Gasteiger partial charge < -0.3 is 4.74 Å². The van der Waals surface area contributed by atoms with Gasteiger partial charge >= 0.3 is 0 Å². The fraction of sp³-hybridized carbons (Fsp3) is 0.750. The molecule has 8 saturated carbocycles. The number of allylic oxidation sites excluding steroid dienone is 2. The largest absolute Gasteiger partial charge is 0.473 e. The zero-order valence-electron chi connectivity index (χ0n) is 16.1. The van der Waals surface area contributed by atoms with E-state index in [1.165, 1.54) is 12.8 Å². The molecule has 0 N–H and O–H groups in total. The van der Waals surface area contributed by atoms with Crippen molar-refractivity contribution in [1.29, 1.82) is 0 Å². The summed E-state index contributed by atoms with van der Waals surface area (Å²) in [6, 6.07) is 0. The predicted molar refractivity (Wildman–Crippen MR) is 101 cm³/mol. The molecule has 0 radical (unpaired) electrons. The van der Waals surface area contributed by atoms with Gasteiger partial charge in [0.25, 0.3) is 0 Å². The van der Waals surface area contributed by atoms with Crippen molar-refractivity contribution >= 4 is 11.6 Å². The number of Topliss-reactive ketones (excluding diaryl/α,β-unsaturated/α-hetero) is 2. The molecule has 144 valence electrons. The fourth-order valence-electron chi connectivity index (χ4n) is 8.44. The Labute approximate surface area is 161 Å². The average Bonchev–Trinajstić information content (AvgIpc) is 2.62. The van der Waals surface area contributed by atoms with Crippen molar-refractivity contribution in [2.45, 2.75) is 64.2 Å². The van der Waals surface area contributed by atoms with Crippen LogP contribution in [0.25, 0.3) is 0 Å². The van der Waals surface area contributed by atoms with Gasteiger partial charge in [-0.05, 0) is 99.0 Å². The van der Waals surface area contributed by atoms with E-state index in [1.807, 2.05) is 12.5 Å². The third-order valence-corrected chi connectivity index (χ3v) is 9.08. The van der Waals surface area contributed by atoms with Crippen LogP contribution in [-0.4, -0.2) is 11.6 Å². The van der Waals surface area contributed by atoms with Crippen molar-refractivity contribution in [2.24, 2.45) is 46.3 Å². The van der Waals surface area contributed by atoms with E-state index in [-0.39, 0.29) is 10.8 Å². The number of rotatable bonds is 4. The Balaban J connectivity index is 1.12. The van der Waals surface area contributed by atoms with Crippen LogP contribution in [0, 0.1) is 46.3 Å². The lowest BCUT2D eigenvalue weighted by molar-refractivity contribution is -0.144. The van der Waals surface area contributed by atoms with Crippen molar-refractivity contribution < 1.29 is 14.3 Å². The summed E-state index contributed by atoms with van der Waals surface area (Å²) in [5.41, 5.74) is 0.427. The molecule has 3 heteroatoms. The molecule has 8 bridgehead atoms. The van der Waals surface area contributed by atoms with E-state index in [0.717, 1.165) is 63.2 Å². The molecule has 8 aliphatic rings. The Kier molecular flexibility index (Phi) is 3.42. The molecule has 0 aromatic heterocycles. The van der Waals surface area contributed by atoms with Crippen molar-refractivity contribution in [1.82, 2.24) is 0 Å². The van der Waals surface area contributed by atoms with Gasteiger partial charge in [-0.25, -0.2) is 0 Å². The summed E-state index contributed by atoms with van der Waals surface area (Å²) in [6.45, 7) is 0. The second-order valence-electron chi connectivity index (χ2n) is 11.0. The van der Waals surface area contributed by atoms with Crippen LogP contribution in [0.1, 0.15) is 64.2 Å². The summed E-state index contributed by atoms with van der Waals surface area (Å²) in [4.78, 5) is 24.7. The first-order chi connectivity index (χ1) is 13.0. The van der Waals surface area contributed by atoms with Gasteiger partial charge in [-0.3, -0.25) is 9.59 Å². The van der Waals surface area contributed by atoms with Crippen molar-refractivity contribution in [3.05, 3.63) is 24.7 Å². The van der Waals surface area contributed by atoms with Gasteiger partial charge in [0, 0.05) is 23.7 Å². The molecule has 0 aliphatic heterocycles. The molecule has 0 heterocycles. The van der Waals surface area contributed by atoms with Crippen LogP contribution >= 0.6 is 0 Å². The van der Waals surface area contributed by atoms with Crippen molar-refractivity contribution in [3.63, 3.8) is 0 Å². The second kappa shape index (κ2) is 5.58. The normalized spacial score (nSPS) is 52.6. The molecule has 0 spiro atoms. The molecular formula is C24H30O3. The first kappa shape index (κ1) is 16.6. The summed E-state index contributed by atoms with van der Waals surface area (Å²) in [6.07, 6.45) is 19.5. The van der Waals surface area contributed by atoms with Crippen molar-refractivity contribution in [2.75, 3.05) is 0 Å². The maximum atomic E-state index is 12.3. The Bertz CT molecular complexity index is 649. The highest BCUT2D eigenvalue weighted by molar-refractivity contribution is 5.86. The van der Waals surface area contributed by atoms with E-state index < -0.39 is 0 Å². The second-order valence-corrected chi connectivity index (χ2v) is 11.0. The highest BCUT2D eigenvalue weighted by atomic mass is 16.5. The molecular weight excluding hydrogens is 336 g/mol. The maximum absolute atomic E-state index is 12.3. The summed E-state index contributed by atoms with van der Waals surface area (Å²) in [7, 11) is 0. The summed E-state index contributed by atoms with van der Waals surface area (Å²) < 4.78 is 5.83. The van der Waals surface area contributed by atoms with E-state index in [1.54, 1.807) is 0 Å². The maximum Gasteiger partial charge on any atom is 0.139 e. The molecule has 8 rings (SSSR count). The Morgan fingerprint density at radius 3 is 1.37 bits per heavy atom. The Morgan fingerprint density at radius 2 is 1.00 bits per heavy atom. The number of ether oxygens (including phenoxy) is 1. The average molecular weight is 367 g/mol. The van der Waals surface area contributed by atoms with Gasteiger partial charge in [0.05, 0.1) is 12.5 Å². The monoisotopic (exact) mass is 366 g/mol. The number of hydrogen-bond acceptors (Lipinski definition) is 3.